The topological polar surface area (TPSA) is 110 Å². The highest BCUT2D eigenvalue weighted by Gasteiger charge is 2.35. The Morgan fingerprint density at radius 2 is 1.69 bits per heavy atom. The summed E-state index contributed by atoms with van der Waals surface area (Å²) >= 11 is 6.97. The van der Waals surface area contributed by atoms with Crippen molar-refractivity contribution in [3.05, 3.63) is 93.9 Å². The van der Waals surface area contributed by atoms with Crippen molar-refractivity contribution >= 4 is 62.3 Å². The van der Waals surface area contributed by atoms with Gasteiger partial charge >= 0.3 is 10.1 Å². The molecule has 1 fully saturated rings. The van der Waals surface area contributed by atoms with Crippen LogP contribution < -0.4 is 9.50 Å². The molecule has 0 bridgehead atoms. The van der Waals surface area contributed by atoms with Gasteiger partial charge < -0.3 is 9.50 Å². The van der Waals surface area contributed by atoms with Gasteiger partial charge in [-0.15, -0.1) is 0 Å². The monoisotopic (exact) mass is 542 g/mol. The molecule has 184 valence electrons. The molecule has 36 heavy (non-hydrogen) atoms. The number of nitrogens with zero attached hydrogens (tertiary/aromatic N) is 1. The number of imide groups is 1. The highest BCUT2D eigenvalue weighted by Crippen LogP contribution is 2.34. The van der Waals surface area contributed by atoms with Gasteiger partial charge in [0.05, 0.1) is 11.4 Å². The fourth-order valence-corrected chi connectivity index (χ4v) is 5.25. The number of thioether (sulfide) groups is 1. The molecule has 1 aliphatic rings. The van der Waals surface area contributed by atoms with E-state index in [0.717, 1.165) is 16.7 Å². The molecule has 3 aromatic carbocycles. The molecule has 1 saturated heterocycles. The van der Waals surface area contributed by atoms with E-state index in [-0.39, 0.29) is 28.0 Å². The number of rotatable bonds is 7. The lowest BCUT2D eigenvalue weighted by Crippen LogP contribution is -2.27. The second-order valence-electron chi connectivity index (χ2n) is 7.67. The van der Waals surface area contributed by atoms with E-state index in [9.17, 15) is 22.8 Å². The van der Waals surface area contributed by atoms with Crippen LogP contribution in [-0.2, 0) is 26.3 Å². The van der Waals surface area contributed by atoms with Gasteiger partial charge in [0, 0.05) is 17.6 Å². The Morgan fingerprint density at radius 1 is 1.03 bits per heavy atom. The molecule has 1 heterocycles. The Hall–Kier alpha value is -3.60. The molecule has 0 spiro atoms. The van der Waals surface area contributed by atoms with E-state index < -0.39 is 21.3 Å². The van der Waals surface area contributed by atoms with Crippen LogP contribution in [0.4, 0.5) is 10.5 Å². The first-order valence-corrected chi connectivity index (χ1v) is 13.1. The van der Waals surface area contributed by atoms with E-state index >= 15 is 0 Å². The molecule has 0 radical (unpaired) electrons. The van der Waals surface area contributed by atoms with Crippen LogP contribution in [0.2, 0.25) is 5.02 Å². The zero-order valence-corrected chi connectivity index (χ0v) is 21.2. The minimum absolute atomic E-state index is 0.0676. The van der Waals surface area contributed by atoms with Crippen LogP contribution in [0.3, 0.4) is 0 Å². The molecule has 3 aromatic rings. The summed E-state index contributed by atoms with van der Waals surface area (Å²) in [5, 5.41) is 2.62. The second kappa shape index (κ2) is 10.6. The smallest absolute Gasteiger partial charge is 0.339 e. The summed E-state index contributed by atoms with van der Waals surface area (Å²) in [6.07, 6.45) is 1.55. The zero-order chi connectivity index (χ0) is 25.9. The van der Waals surface area contributed by atoms with Gasteiger partial charge in [0.1, 0.15) is 10.6 Å². The predicted molar refractivity (Wildman–Crippen MR) is 138 cm³/mol. The third-order valence-electron chi connectivity index (χ3n) is 5.01. The number of carbonyl (C=O) groups excluding carboxylic acids is 3. The SMILES string of the molecule is CC(=O)Nc1ccc(S(=O)(=O)Oc2ccc(/C=C3\SC(=O)N(Cc4ccccc4Cl)C3=O)cc2)cc1. The Kier molecular flexibility index (Phi) is 7.48. The summed E-state index contributed by atoms with van der Waals surface area (Å²) in [6.45, 7) is 1.42. The lowest BCUT2D eigenvalue weighted by molar-refractivity contribution is -0.123. The van der Waals surface area contributed by atoms with E-state index in [1.54, 1.807) is 42.5 Å². The van der Waals surface area contributed by atoms with Crippen LogP contribution in [0.15, 0.2) is 82.6 Å². The molecule has 0 atom stereocenters. The zero-order valence-electron chi connectivity index (χ0n) is 18.8. The quantitative estimate of drug-likeness (QED) is 0.318. The standard InChI is InChI=1S/C25H19ClN2O6S2/c1-16(29)27-19-8-12-21(13-9-19)36(32,33)34-20-10-6-17(7-11-20)14-23-24(30)28(25(31)35-23)15-18-4-2-3-5-22(18)26/h2-14H,15H2,1H3,(H,27,29)/b23-14-. The van der Waals surface area contributed by atoms with Gasteiger partial charge in [0.15, 0.2) is 0 Å². The van der Waals surface area contributed by atoms with Crippen molar-refractivity contribution in [3.63, 3.8) is 0 Å². The lowest BCUT2D eigenvalue weighted by Gasteiger charge is -2.13. The number of nitrogens with one attached hydrogen (secondary N) is 1. The Balaban J connectivity index is 1.44. The van der Waals surface area contributed by atoms with Crippen molar-refractivity contribution in [2.45, 2.75) is 18.4 Å². The maximum Gasteiger partial charge on any atom is 0.339 e. The van der Waals surface area contributed by atoms with E-state index in [2.05, 4.69) is 5.32 Å². The summed E-state index contributed by atoms with van der Waals surface area (Å²) < 4.78 is 30.3. The van der Waals surface area contributed by atoms with Crippen LogP contribution >= 0.6 is 23.4 Å². The van der Waals surface area contributed by atoms with Gasteiger partial charge in [-0.1, -0.05) is 41.9 Å². The minimum atomic E-state index is -4.10. The highest BCUT2D eigenvalue weighted by molar-refractivity contribution is 8.18. The van der Waals surface area contributed by atoms with Crippen molar-refractivity contribution in [2.24, 2.45) is 0 Å². The maximum atomic E-state index is 12.8. The number of halogens is 1. The molecule has 3 amide bonds. The van der Waals surface area contributed by atoms with Crippen molar-refractivity contribution in [2.75, 3.05) is 5.32 Å². The van der Waals surface area contributed by atoms with E-state index in [0.29, 0.717) is 21.8 Å². The van der Waals surface area contributed by atoms with Gasteiger partial charge in [-0.3, -0.25) is 19.3 Å². The van der Waals surface area contributed by atoms with Crippen molar-refractivity contribution in [3.8, 4) is 5.75 Å². The third kappa shape index (κ3) is 5.96. The molecular formula is C25H19ClN2O6S2. The predicted octanol–water partition coefficient (Wildman–Crippen LogP) is 5.30. The maximum absolute atomic E-state index is 12.8. The molecule has 0 aliphatic carbocycles. The Labute approximate surface area is 217 Å². The van der Waals surface area contributed by atoms with Crippen LogP contribution in [0.1, 0.15) is 18.1 Å². The Bertz CT molecular complexity index is 1470. The van der Waals surface area contributed by atoms with Gasteiger partial charge in [-0.25, -0.2) is 0 Å². The normalized spacial score (nSPS) is 14.8. The van der Waals surface area contributed by atoms with Crippen molar-refractivity contribution in [1.82, 2.24) is 4.90 Å². The van der Waals surface area contributed by atoms with Crippen molar-refractivity contribution < 1.29 is 27.0 Å². The summed E-state index contributed by atoms with van der Waals surface area (Å²) in [5.41, 5.74) is 1.71. The van der Waals surface area contributed by atoms with Crippen LogP contribution in [-0.4, -0.2) is 30.4 Å². The highest BCUT2D eigenvalue weighted by atomic mass is 35.5. The number of hydrogen-bond acceptors (Lipinski definition) is 7. The van der Waals surface area contributed by atoms with Crippen LogP contribution in [0.25, 0.3) is 6.08 Å². The van der Waals surface area contributed by atoms with E-state index in [1.807, 2.05) is 0 Å². The Morgan fingerprint density at radius 3 is 2.33 bits per heavy atom. The van der Waals surface area contributed by atoms with Gasteiger partial charge in [0.25, 0.3) is 11.1 Å². The number of hydrogen-bond donors (Lipinski definition) is 1. The molecule has 11 heteroatoms. The summed E-state index contributed by atoms with van der Waals surface area (Å²) in [6, 6.07) is 18.6. The van der Waals surface area contributed by atoms with Crippen molar-refractivity contribution in [1.29, 1.82) is 0 Å². The molecule has 1 aliphatic heterocycles. The van der Waals surface area contributed by atoms with E-state index in [4.69, 9.17) is 15.8 Å². The first-order valence-electron chi connectivity index (χ1n) is 10.5. The number of benzene rings is 3. The number of amides is 3. The summed E-state index contributed by atoms with van der Waals surface area (Å²) in [4.78, 5) is 37.6. The molecule has 0 unspecified atom stereocenters. The van der Waals surface area contributed by atoms with Gasteiger partial charge in [-0.2, -0.15) is 8.42 Å². The van der Waals surface area contributed by atoms with Gasteiger partial charge in [0.2, 0.25) is 5.91 Å². The summed E-state index contributed by atoms with van der Waals surface area (Å²) in [7, 11) is -4.10. The third-order valence-corrected chi connectivity index (χ3v) is 7.54. The van der Waals surface area contributed by atoms with Crippen LogP contribution in [0.5, 0.6) is 5.75 Å². The van der Waals surface area contributed by atoms with Crippen LogP contribution in [0, 0.1) is 0 Å². The fourth-order valence-electron chi connectivity index (χ4n) is 3.29. The fraction of sp³-hybridized carbons (Fsp3) is 0.0800. The number of carbonyl (C=O) groups is 3. The molecule has 0 saturated carbocycles. The van der Waals surface area contributed by atoms with E-state index in [1.165, 1.54) is 43.3 Å². The second-order valence-corrected chi connectivity index (χ2v) is 10.6. The molecule has 4 rings (SSSR count). The molecule has 1 N–H and O–H groups in total. The average Bonchev–Trinajstić information content (AvgIpc) is 3.09. The first-order chi connectivity index (χ1) is 17.1. The summed E-state index contributed by atoms with van der Waals surface area (Å²) in [5.74, 6) is -0.632. The molecular weight excluding hydrogens is 524 g/mol. The first kappa shape index (κ1) is 25.5. The molecule has 8 nitrogen and oxygen atoms in total. The number of anilines is 1. The minimum Gasteiger partial charge on any atom is -0.379 e. The largest absolute Gasteiger partial charge is 0.379 e. The van der Waals surface area contributed by atoms with Gasteiger partial charge in [-0.05, 0) is 71.4 Å². The molecule has 0 aromatic heterocycles. The lowest BCUT2D eigenvalue weighted by atomic mass is 10.2. The average molecular weight is 543 g/mol.